The largest absolute Gasteiger partial charge is 0.394 e. The van der Waals surface area contributed by atoms with E-state index < -0.39 is 37.3 Å². The molecule has 1 aromatic rings. The number of aliphatic hydroxyl groups excluding tert-OH is 4. The van der Waals surface area contributed by atoms with Gasteiger partial charge >= 0.3 is 0 Å². The molecule has 8 nitrogen and oxygen atoms in total. The second kappa shape index (κ2) is 6.83. The van der Waals surface area contributed by atoms with Crippen molar-refractivity contribution in [2.75, 3.05) is 11.9 Å². The molecule has 1 unspecified atom stereocenters. The number of nitrogens with one attached hydrogen (secondary N) is 1. The predicted molar refractivity (Wildman–Crippen MR) is 75.5 cm³/mol. The summed E-state index contributed by atoms with van der Waals surface area (Å²) in [6.45, 7) is -0.460. The van der Waals surface area contributed by atoms with Crippen molar-refractivity contribution in [2.45, 2.75) is 30.6 Å². The van der Waals surface area contributed by atoms with Crippen molar-refractivity contribution in [2.24, 2.45) is 10.7 Å². The predicted octanol–water partition coefficient (Wildman–Crippen LogP) is -1.79. The highest BCUT2D eigenvalue weighted by Crippen LogP contribution is 2.23. The van der Waals surface area contributed by atoms with E-state index in [1.807, 2.05) is 18.2 Å². The average molecular weight is 297 g/mol. The molecular weight excluding hydrogens is 278 g/mol. The molecule has 5 atom stereocenters. The van der Waals surface area contributed by atoms with Gasteiger partial charge in [0.2, 0.25) is 0 Å². The second-order valence-corrected chi connectivity index (χ2v) is 4.73. The Kier molecular flexibility index (Phi) is 5.10. The minimum absolute atomic E-state index is 0.0203. The van der Waals surface area contributed by atoms with Gasteiger partial charge in [-0.1, -0.05) is 18.2 Å². The van der Waals surface area contributed by atoms with E-state index in [1.165, 1.54) is 0 Å². The molecule has 0 spiro atoms. The summed E-state index contributed by atoms with van der Waals surface area (Å²) < 4.78 is 5.00. The summed E-state index contributed by atoms with van der Waals surface area (Å²) in [6, 6.07) is 8.13. The summed E-state index contributed by atoms with van der Waals surface area (Å²) in [5.74, 6) is 0.0203. The third kappa shape index (κ3) is 3.69. The van der Waals surface area contributed by atoms with Gasteiger partial charge in [0, 0.05) is 5.69 Å². The van der Waals surface area contributed by atoms with Gasteiger partial charge in [-0.05, 0) is 12.1 Å². The first-order chi connectivity index (χ1) is 10.0. The number of nitrogens with zero attached hydrogens (tertiary/aromatic N) is 1. The van der Waals surface area contributed by atoms with Gasteiger partial charge in [0.15, 0.2) is 12.2 Å². The number of aliphatic imine (C=N–C) groups is 1. The molecule has 0 bridgehead atoms. The maximum absolute atomic E-state index is 9.76. The molecule has 0 amide bonds. The van der Waals surface area contributed by atoms with E-state index in [-0.39, 0.29) is 5.96 Å². The number of benzene rings is 1. The lowest BCUT2D eigenvalue weighted by Crippen LogP contribution is -2.41. The Balaban J connectivity index is 2.06. The van der Waals surface area contributed by atoms with Crippen LogP contribution >= 0.6 is 0 Å². The molecule has 2 rings (SSSR count). The molecular formula is C13H19N3O5. The van der Waals surface area contributed by atoms with Crippen molar-refractivity contribution < 1.29 is 25.2 Å². The number of hydrogen-bond donors (Lipinski definition) is 6. The minimum atomic E-state index is -1.52. The number of nitrogens with two attached hydrogens (primary N) is 1. The van der Waals surface area contributed by atoms with Crippen LogP contribution in [0.3, 0.4) is 0 Å². The maximum Gasteiger partial charge on any atom is 0.193 e. The Morgan fingerprint density at radius 2 is 1.90 bits per heavy atom. The van der Waals surface area contributed by atoms with Crippen LogP contribution in [0.5, 0.6) is 0 Å². The molecule has 0 saturated carbocycles. The molecule has 8 heteroatoms. The highest BCUT2D eigenvalue weighted by atomic mass is 16.6. The van der Waals surface area contributed by atoms with E-state index in [2.05, 4.69) is 10.3 Å². The Hall–Kier alpha value is -1.71. The number of hydrogen-bond acceptors (Lipinski definition) is 6. The minimum Gasteiger partial charge on any atom is -0.394 e. The van der Waals surface area contributed by atoms with Crippen LogP contribution in [0.15, 0.2) is 35.3 Å². The van der Waals surface area contributed by atoms with Crippen LogP contribution in [0.1, 0.15) is 0 Å². The van der Waals surface area contributed by atoms with Crippen LogP contribution in [0.4, 0.5) is 5.69 Å². The standard InChI is InChI=1S/C13H19N3O5/c14-13(15-7-4-2-1-3-5-7)16-8(6-17)11-9(18)10(19)12(20)21-11/h1-5,8-12,17-20H,6H2,(H3,14,15,16)/t8-,9+,10+,11+,12?/m0/s1. The van der Waals surface area contributed by atoms with Gasteiger partial charge in [-0.3, -0.25) is 0 Å². The Morgan fingerprint density at radius 1 is 1.24 bits per heavy atom. The van der Waals surface area contributed by atoms with Crippen molar-refractivity contribution in [3.05, 3.63) is 30.3 Å². The molecule has 7 N–H and O–H groups in total. The van der Waals surface area contributed by atoms with E-state index in [1.54, 1.807) is 12.1 Å². The van der Waals surface area contributed by atoms with Crippen molar-refractivity contribution in [3.63, 3.8) is 0 Å². The number of ether oxygens (including phenoxy) is 1. The maximum atomic E-state index is 9.76. The quantitative estimate of drug-likeness (QED) is 0.285. The van der Waals surface area contributed by atoms with E-state index >= 15 is 0 Å². The smallest absolute Gasteiger partial charge is 0.193 e. The van der Waals surface area contributed by atoms with Crippen LogP contribution in [-0.4, -0.2) is 63.6 Å². The number of rotatable bonds is 4. The van der Waals surface area contributed by atoms with Crippen LogP contribution in [0, 0.1) is 0 Å². The number of anilines is 1. The molecule has 1 aliphatic rings. The molecule has 1 saturated heterocycles. The fourth-order valence-corrected chi connectivity index (χ4v) is 2.10. The first-order valence-corrected chi connectivity index (χ1v) is 6.48. The van der Waals surface area contributed by atoms with Gasteiger partial charge in [-0.25, -0.2) is 4.99 Å². The van der Waals surface area contributed by atoms with Gasteiger partial charge in [-0.2, -0.15) is 0 Å². The summed E-state index contributed by atoms with van der Waals surface area (Å²) in [7, 11) is 0. The normalized spacial score (nSPS) is 31.1. The van der Waals surface area contributed by atoms with E-state index in [4.69, 9.17) is 10.5 Å². The molecule has 1 fully saturated rings. The molecule has 1 aliphatic heterocycles. The van der Waals surface area contributed by atoms with Crippen molar-refractivity contribution in [1.82, 2.24) is 0 Å². The molecule has 0 aromatic heterocycles. The SMILES string of the molecule is NC(=N[C@@H](CO)[C@H]1OC(O)[C@H](O)[C@H]1O)Nc1ccccc1. The van der Waals surface area contributed by atoms with Gasteiger partial charge in [0.1, 0.15) is 24.4 Å². The zero-order valence-electron chi connectivity index (χ0n) is 11.2. The Bertz CT molecular complexity index is 484. The zero-order valence-corrected chi connectivity index (χ0v) is 11.2. The lowest BCUT2D eigenvalue weighted by Gasteiger charge is -2.21. The highest BCUT2D eigenvalue weighted by molar-refractivity contribution is 5.92. The number of para-hydroxylation sites is 1. The molecule has 21 heavy (non-hydrogen) atoms. The molecule has 1 aromatic carbocycles. The molecule has 1 heterocycles. The fraction of sp³-hybridized carbons (Fsp3) is 0.462. The lowest BCUT2D eigenvalue weighted by molar-refractivity contribution is -0.131. The summed E-state index contributed by atoms with van der Waals surface area (Å²) >= 11 is 0. The average Bonchev–Trinajstić information content (AvgIpc) is 2.73. The zero-order chi connectivity index (χ0) is 15.4. The topological polar surface area (TPSA) is 141 Å². The summed E-state index contributed by atoms with van der Waals surface area (Å²) in [4.78, 5) is 4.02. The monoisotopic (exact) mass is 297 g/mol. The van der Waals surface area contributed by atoms with Crippen molar-refractivity contribution in [1.29, 1.82) is 0 Å². The third-order valence-electron chi connectivity index (χ3n) is 3.19. The first-order valence-electron chi connectivity index (χ1n) is 6.48. The summed E-state index contributed by atoms with van der Waals surface area (Å²) in [5, 5.41) is 40.7. The summed E-state index contributed by atoms with van der Waals surface area (Å²) in [5.41, 5.74) is 6.44. The Morgan fingerprint density at radius 3 is 2.43 bits per heavy atom. The number of guanidine groups is 1. The second-order valence-electron chi connectivity index (χ2n) is 4.73. The Labute approximate surface area is 121 Å². The van der Waals surface area contributed by atoms with Crippen molar-refractivity contribution >= 4 is 11.6 Å². The van der Waals surface area contributed by atoms with Gasteiger partial charge in [0.05, 0.1) is 6.61 Å². The summed E-state index contributed by atoms with van der Waals surface area (Å²) in [6.07, 6.45) is -5.36. The fourth-order valence-electron chi connectivity index (χ4n) is 2.10. The highest BCUT2D eigenvalue weighted by Gasteiger charge is 2.45. The lowest BCUT2D eigenvalue weighted by atomic mass is 10.0. The van der Waals surface area contributed by atoms with E-state index in [0.29, 0.717) is 5.69 Å². The van der Waals surface area contributed by atoms with E-state index in [0.717, 1.165) is 0 Å². The van der Waals surface area contributed by atoms with Crippen LogP contribution in [0.2, 0.25) is 0 Å². The van der Waals surface area contributed by atoms with Crippen LogP contribution < -0.4 is 11.1 Å². The molecule has 0 radical (unpaired) electrons. The van der Waals surface area contributed by atoms with Crippen LogP contribution in [-0.2, 0) is 4.74 Å². The van der Waals surface area contributed by atoms with E-state index in [9.17, 15) is 20.4 Å². The van der Waals surface area contributed by atoms with Crippen LogP contribution in [0.25, 0.3) is 0 Å². The van der Waals surface area contributed by atoms with Gasteiger partial charge < -0.3 is 36.2 Å². The third-order valence-corrected chi connectivity index (χ3v) is 3.19. The number of aliphatic hydroxyl groups is 4. The van der Waals surface area contributed by atoms with Crippen molar-refractivity contribution in [3.8, 4) is 0 Å². The van der Waals surface area contributed by atoms with Gasteiger partial charge in [-0.15, -0.1) is 0 Å². The first kappa shape index (κ1) is 15.7. The molecule has 116 valence electrons. The molecule has 0 aliphatic carbocycles. The van der Waals surface area contributed by atoms with Gasteiger partial charge in [0.25, 0.3) is 0 Å².